The largest absolute Gasteiger partial charge is 0.455 e. The van der Waals surface area contributed by atoms with Crippen LogP contribution in [0.2, 0.25) is 0 Å². The van der Waals surface area contributed by atoms with Gasteiger partial charge in [0.25, 0.3) is 0 Å². The van der Waals surface area contributed by atoms with Crippen molar-refractivity contribution >= 4 is 86.6 Å². The predicted octanol–water partition coefficient (Wildman–Crippen LogP) is 17.0. The van der Waals surface area contributed by atoms with E-state index in [1.807, 2.05) is 6.07 Å². The minimum Gasteiger partial charge on any atom is -0.455 e. The summed E-state index contributed by atoms with van der Waals surface area (Å²) in [4.78, 5) is 16.0. The average Bonchev–Trinajstić information content (AvgIpc) is 3.78. The molecule has 0 aliphatic rings. The highest BCUT2D eigenvalue weighted by Gasteiger charge is 2.23. The number of fused-ring (bicyclic) bond motifs is 13. The van der Waals surface area contributed by atoms with Crippen molar-refractivity contribution in [2.45, 2.75) is 0 Å². The molecule has 0 saturated heterocycles. The van der Waals surface area contributed by atoms with Gasteiger partial charge in [-0.2, -0.15) is 0 Å². The molecule has 0 radical (unpaired) electrons. The van der Waals surface area contributed by atoms with E-state index in [9.17, 15) is 0 Å². The van der Waals surface area contributed by atoms with E-state index >= 15 is 0 Å². The third-order valence-electron chi connectivity index (χ3n) is 13.6. The van der Waals surface area contributed by atoms with Crippen LogP contribution in [-0.4, -0.2) is 15.0 Å². The van der Waals surface area contributed by atoms with Crippen molar-refractivity contribution < 1.29 is 4.42 Å². The van der Waals surface area contributed by atoms with Gasteiger partial charge in [-0.05, 0) is 106 Å². The fourth-order valence-electron chi connectivity index (χ4n) is 10.6. The summed E-state index contributed by atoms with van der Waals surface area (Å²) in [5, 5.41) is 16.1. The highest BCUT2D eigenvalue weighted by Crippen LogP contribution is 2.48. The Hall–Kier alpha value is -8.99. The Morgan fingerprint density at radius 1 is 0.269 bits per heavy atom. The Morgan fingerprint density at radius 2 is 0.791 bits per heavy atom. The molecule has 0 saturated carbocycles. The second kappa shape index (κ2) is 14.8. The van der Waals surface area contributed by atoms with Crippen molar-refractivity contribution in [3.05, 3.63) is 224 Å². The van der Waals surface area contributed by atoms with Crippen LogP contribution in [0, 0.1) is 0 Å². The van der Waals surface area contributed by atoms with Gasteiger partial charge in [-0.25, -0.2) is 15.0 Å². The number of hydrogen-bond acceptors (Lipinski definition) is 4. The monoisotopic (exact) mass is 851 g/mol. The first kappa shape index (κ1) is 37.4. The van der Waals surface area contributed by atoms with Gasteiger partial charge in [-0.3, -0.25) is 0 Å². The van der Waals surface area contributed by atoms with Crippen molar-refractivity contribution in [3.63, 3.8) is 0 Å². The molecule has 2 heterocycles. The van der Waals surface area contributed by atoms with Crippen LogP contribution in [0.5, 0.6) is 0 Å². The summed E-state index contributed by atoms with van der Waals surface area (Å²) in [6.07, 6.45) is 0. The highest BCUT2D eigenvalue weighted by molar-refractivity contribution is 6.34. The molecule has 0 fully saturated rings. The summed E-state index contributed by atoms with van der Waals surface area (Å²) in [6, 6.07) is 79.8. The summed E-state index contributed by atoms with van der Waals surface area (Å²) in [5.74, 6) is 1.83. The molecule has 0 spiro atoms. The van der Waals surface area contributed by atoms with Crippen molar-refractivity contribution in [3.8, 4) is 56.4 Å². The van der Waals surface area contributed by atoms with Gasteiger partial charge in [0, 0.05) is 38.4 Å². The van der Waals surface area contributed by atoms with Gasteiger partial charge in [0.15, 0.2) is 17.5 Å². The SMILES string of the molecule is c1ccc(-c2ccccc2-c2nc(-c3ccc4ccccc4c3)nc(-c3cc(-c4c5ccccc5cc5oc6c(ccc7c8ccccc8c8ccccc8c76)c45)c4ccccc4c3)n2)cc1. The third kappa shape index (κ3) is 5.90. The first-order valence-corrected chi connectivity index (χ1v) is 22.8. The molecular weight excluding hydrogens is 815 g/mol. The van der Waals surface area contributed by atoms with Crippen LogP contribution in [0.25, 0.3) is 143 Å². The van der Waals surface area contributed by atoms with E-state index in [0.717, 1.165) is 98.6 Å². The minimum absolute atomic E-state index is 0.598. The number of aromatic nitrogens is 3. The van der Waals surface area contributed by atoms with Crippen LogP contribution >= 0.6 is 0 Å². The molecule has 0 unspecified atom stereocenters. The minimum atomic E-state index is 0.598. The van der Waals surface area contributed by atoms with Gasteiger partial charge in [-0.1, -0.05) is 194 Å². The fourth-order valence-corrected chi connectivity index (χ4v) is 10.6. The first-order chi connectivity index (χ1) is 33.2. The van der Waals surface area contributed by atoms with Crippen LogP contribution in [0.3, 0.4) is 0 Å². The van der Waals surface area contributed by atoms with Crippen LogP contribution in [0.1, 0.15) is 0 Å². The molecule has 310 valence electrons. The van der Waals surface area contributed by atoms with Crippen LogP contribution < -0.4 is 0 Å². The van der Waals surface area contributed by atoms with E-state index in [1.54, 1.807) is 0 Å². The molecule has 0 aliphatic heterocycles. The summed E-state index contributed by atoms with van der Waals surface area (Å²) in [6.45, 7) is 0. The third-order valence-corrected chi connectivity index (χ3v) is 13.6. The molecule has 14 rings (SSSR count). The molecule has 0 amide bonds. The average molecular weight is 852 g/mol. The lowest BCUT2D eigenvalue weighted by atomic mass is 9.88. The Morgan fingerprint density at radius 3 is 1.55 bits per heavy atom. The van der Waals surface area contributed by atoms with E-state index in [1.165, 1.54) is 26.9 Å². The van der Waals surface area contributed by atoms with Crippen molar-refractivity contribution in [2.75, 3.05) is 0 Å². The van der Waals surface area contributed by atoms with Gasteiger partial charge in [0.1, 0.15) is 11.2 Å². The first-order valence-electron chi connectivity index (χ1n) is 22.8. The molecule has 4 nitrogen and oxygen atoms in total. The van der Waals surface area contributed by atoms with E-state index in [0.29, 0.717) is 17.5 Å². The van der Waals surface area contributed by atoms with Crippen LogP contribution in [0.4, 0.5) is 0 Å². The Kier molecular flexibility index (Phi) is 8.25. The molecule has 0 bridgehead atoms. The zero-order chi connectivity index (χ0) is 44.0. The van der Waals surface area contributed by atoms with E-state index in [-0.39, 0.29) is 0 Å². The quantitative estimate of drug-likeness (QED) is 0.162. The second-order valence-corrected chi connectivity index (χ2v) is 17.4. The second-order valence-electron chi connectivity index (χ2n) is 17.4. The number of nitrogens with zero attached hydrogens (tertiary/aromatic N) is 3. The summed E-state index contributed by atoms with van der Waals surface area (Å²) < 4.78 is 7.19. The Balaban J connectivity index is 1.07. The maximum absolute atomic E-state index is 7.19. The lowest BCUT2D eigenvalue weighted by Gasteiger charge is -2.16. The zero-order valence-electron chi connectivity index (χ0n) is 36.1. The molecule has 2 aromatic heterocycles. The molecular formula is C63H37N3O. The standard InChI is InChI=1S/C63H37N3O/c1-2-17-39(18-3-1)45-22-10-15-29-53(45)63-65-61(43-31-30-38-16-4-5-19-40(38)34-43)64-62(66-63)44-35-41-20-6-8-23-46(41)55(36-44)57-47-24-9-7-21-42(47)37-56-59(57)54-33-32-52-50-27-12-11-25-48(50)49-26-13-14-28-51(49)58(52)60(54)67-56/h1-37H. The predicted molar refractivity (Wildman–Crippen MR) is 279 cm³/mol. The molecule has 0 N–H and O–H groups in total. The maximum atomic E-state index is 7.19. The van der Waals surface area contributed by atoms with Crippen molar-refractivity contribution in [1.82, 2.24) is 15.0 Å². The molecule has 67 heavy (non-hydrogen) atoms. The Labute approximate surface area is 385 Å². The highest BCUT2D eigenvalue weighted by atomic mass is 16.3. The van der Waals surface area contributed by atoms with Crippen LogP contribution in [-0.2, 0) is 0 Å². The van der Waals surface area contributed by atoms with Crippen LogP contribution in [0.15, 0.2) is 229 Å². The Bertz CT molecular complexity index is 4310. The van der Waals surface area contributed by atoms with E-state index in [2.05, 4.69) is 218 Å². The van der Waals surface area contributed by atoms with Crippen molar-refractivity contribution in [1.29, 1.82) is 0 Å². The smallest absolute Gasteiger partial charge is 0.164 e. The number of hydrogen-bond donors (Lipinski definition) is 0. The van der Waals surface area contributed by atoms with Gasteiger partial charge in [0.2, 0.25) is 0 Å². The molecule has 0 atom stereocenters. The number of rotatable bonds is 5. The fraction of sp³-hybridized carbons (Fsp3) is 0. The van der Waals surface area contributed by atoms with Gasteiger partial charge in [0.05, 0.1) is 0 Å². The van der Waals surface area contributed by atoms with E-state index in [4.69, 9.17) is 19.4 Å². The number of benzene rings is 12. The molecule has 14 aromatic rings. The van der Waals surface area contributed by atoms with Gasteiger partial charge < -0.3 is 4.42 Å². The summed E-state index contributed by atoms with van der Waals surface area (Å²) in [5.41, 5.74) is 8.86. The topological polar surface area (TPSA) is 51.8 Å². The van der Waals surface area contributed by atoms with E-state index < -0.39 is 0 Å². The van der Waals surface area contributed by atoms with Crippen molar-refractivity contribution in [2.24, 2.45) is 0 Å². The maximum Gasteiger partial charge on any atom is 0.164 e. The molecule has 4 heteroatoms. The van der Waals surface area contributed by atoms with Gasteiger partial charge in [-0.15, -0.1) is 0 Å². The lowest BCUT2D eigenvalue weighted by Crippen LogP contribution is -2.01. The number of furan rings is 1. The van der Waals surface area contributed by atoms with Gasteiger partial charge >= 0.3 is 0 Å². The lowest BCUT2D eigenvalue weighted by molar-refractivity contribution is 0.673. The summed E-state index contributed by atoms with van der Waals surface area (Å²) in [7, 11) is 0. The molecule has 12 aromatic carbocycles. The molecule has 0 aliphatic carbocycles. The zero-order valence-corrected chi connectivity index (χ0v) is 36.1. The normalized spacial score (nSPS) is 11.9. The summed E-state index contributed by atoms with van der Waals surface area (Å²) >= 11 is 0.